The molecule has 7 atom stereocenters. The van der Waals surface area contributed by atoms with Gasteiger partial charge in [-0.25, -0.2) is 0 Å². The number of ether oxygens (including phenoxy) is 2. The molecule has 524 valence electrons. The number of nitrogens with one attached hydrogen (secondary N) is 1. The summed E-state index contributed by atoms with van der Waals surface area (Å²) in [4.78, 5) is 13.2. The van der Waals surface area contributed by atoms with Gasteiger partial charge in [0.05, 0.1) is 25.4 Å². The minimum atomic E-state index is -1.56. The van der Waals surface area contributed by atoms with Gasteiger partial charge in [-0.15, -0.1) is 0 Å². The molecule has 9 nitrogen and oxygen atoms in total. The highest BCUT2D eigenvalue weighted by atomic mass is 16.7. The summed E-state index contributed by atoms with van der Waals surface area (Å²) in [7, 11) is 0. The van der Waals surface area contributed by atoms with E-state index in [0.29, 0.717) is 12.8 Å². The molecule has 0 aromatic heterocycles. The van der Waals surface area contributed by atoms with E-state index in [1.165, 1.54) is 199 Å². The van der Waals surface area contributed by atoms with Gasteiger partial charge in [0, 0.05) is 6.42 Å². The zero-order valence-electron chi connectivity index (χ0n) is 58.8. The molecule has 9 heteroatoms. The topological polar surface area (TPSA) is 149 Å². The number of amides is 1. The zero-order valence-corrected chi connectivity index (χ0v) is 58.8. The molecule has 0 radical (unpaired) electrons. The van der Waals surface area contributed by atoms with E-state index in [-0.39, 0.29) is 12.5 Å². The van der Waals surface area contributed by atoms with Gasteiger partial charge in [-0.2, -0.15) is 0 Å². The number of hydrogen-bond donors (Lipinski definition) is 6. The predicted octanol–water partition coefficient (Wildman–Crippen LogP) is 21.8. The Morgan fingerprint density at radius 1 is 0.385 bits per heavy atom. The summed E-state index contributed by atoms with van der Waals surface area (Å²) in [6, 6.07) is -0.731. The summed E-state index contributed by atoms with van der Waals surface area (Å²) >= 11 is 0. The molecule has 1 aliphatic heterocycles. The maximum Gasteiger partial charge on any atom is 0.220 e. The van der Waals surface area contributed by atoms with Crippen LogP contribution in [0.3, 0.4) is 0 Å². The van der Waals surface area contributed by atoms with Crippen molar-refractivity contribution in [2.24, 2.45) is 0 Å². The standard InChI is InChI=1S/C82H143NO8/c1-3-5-7-9-11-13-15-17-19-21-23-25-27-29-31-32-33-34-35-36-37-38-39-40-41-42-43-44-46-48-50-52-54-56-58-60-62-64-66-68-70-72-78(86)83-75(74-90-82-81(89)80(88)79(87)77(73-84)91-82)76(85)71-69-67-65-63-61-59-57-55-53-51-49-47-45-30-28-26-24-22-20-18-16-14-12-10-8-6-4-2/h5,7,11,13,17,19,23,25,29,31,33-34,36-37,39-40,42-43,46,48,75-77,79-82,84-85,87-89H,3-4,6,8-10,12,14-16,18,20-22,24,26-28,30,32,35,38,41,44-45,47,49-74H2,1-2H3,(H,83,86)/b7-5-,13-11-,19-17-,25-23-,31-29-,34-33-,37-36-,40-39-,43-42-,48-46-. The van der Waals surface area contributed by atoms with Gasteiger partial charge in [-0.05, 0) is 89.9 Å². The van der Waals surface area contributed by atoms with Crippen molar-refractivity contribution in [1.82, 2.24) is 5.32 Å². The van der Waals surface area contributed by atoms with Crippen LogP contribution in [0.4, 0.5) is 0 Å². The molecule has 1 saturated heterocycles. The molecule has 1 fully saturated rings. The average Bonchev–Trinajstić information content (AvgIpc) is 1.58. The Morgan fingerprint density at radius 3 is 1.01 bits per heavy atom. The lowest BCUT2D eigenvalue weighted by Gasteiger charge is -2.40. The Bertz CT molecular complexity index is 1860. The highest BCUT2D eigenvalue weighted by Gasteiger charge is 2.44. The molecule has 1 amide bonds. The summed E-state index contributed by atoms with van der Waals surface area (Å²) in [6.07, 6.45) is 97.0. The van der Waals surface area contributed by atoms with Gasteiger partial charge in [0.2, 0.25) is 5.91 Å². The first-order valence-corrected chi connectivity index (χ1v) is 38.2. The van der Waals surface area contributed by atoms with E-state index in [1.807, 2.05) is 0 Å². The molecule has 0 aromatic carbocycles. The van der Waals surface area contributed by atoms with Gasteiger partial charge < -0.3 is 40.3 Å². The van der Waals surface area contributed by atoms with Crippen molar-refractivity contribution < 1.29 is 39.8 Å². The number of carbonyl (C=O) groups excluding carboxylic acids is 1. The molecule has 6 N–H and O–H groups in total. The predicted molar refractivity (Wildman–Crippen MR) is 391 cm³/mol. The van der Waals surface area contributed by atoms with Crippen LogP contribution in [0.2, 0.25) is 0 Å². The van der Waals surface area contributed by atoms with Gasteiger partial charge in [-0.3, -0.25) is 4.79 Å². The second kappa shape index (κ2) is 69.4. The monoisotopic (exact) mass is 1270 g/mol. The van der Waals surface area contributed by atoms with Crippen molar-refractivity contribution in [3.8, 4) is 0 Å². The minimum Gasteiger partial charge on any atom is -0.394 e. The van der Waals surface area contributed by atoms with Crippen molar-refractivity contribution in [2.45, 2.75) is 378 Å². The SMILES string of the molecule is CC/C=C\C/C=C\C/C=C\C/C=C\C/C=C\C/C=C\C/C=C\C/C=C\C/C=C\C/C=C\CCCCCCCCCCCCC(=O)NC(COC1OC(CO)C(O)C(O)C1O)C(O)CCCCCCCCCCCCCCCCCCCCCCCCCCCCC. The Morgan fingerprint density at radius 2 is 0.681 bits per heavy atom. The number of carbonyl (C=O) groups is 1. The Balaban J connectivity index is 2.11. The number of rotatable bonds is 66. The lowest BCUT2D eigenvalue weighted by atomic mass is 9.99. The van der Waals surface area contributed by atoms with E-state index >= 15 is 0 Å². The number of aliphatic hydroxyl groups excluding tert-OH is 5. The van der Waals surface area contributed by atoms with E-state index < -0.39 is 49.5 Å². The van der Waals surface area contributed by atoms with E-state index in [0.717, 1.165) is 109 Å². The largest absolute Gasteiger partial charge is 0.394 e. The maximum absolute atomic E-state index is 13.2. The fourth-order valence-corrected chi connectivity index (χ4v) is 11.7. The van der Waals surface area contributed by atoms with Gasteiger partial charge >= 0.3 is 0 Å². The fraction of sp³-hybridized carbons (Fsp3) is 0.744. The lowest BCUT2D eigenvalue weighted by Crippen LogP contribution is -2.60. The Labute approximate surface area is 560 Å². The molecule has 0 bridgehead atoms. The van der Waals surface area contributed by atoms with Crippen molar-refractivity contribution in [3.05, 3.63) is 122 Å². The van der Waals surface area contributed by atoms with Crippen LogP contribution in [0, 0.1) is 0 Å². The molecular formula is C82H143NO8. The van der Waals surface area contributed by atoms with Crippen LogP contribution in [0.1, 0.15) is 335 Å². The van der Waals surface area contributed by atoms with Gasteiger partial charge in [-0.1, -0.05) is 360 Å². The van der Waals surface area contributed by atoms with Crippen LogP contribution in [-0.4, -0.2) is 87.5 Å². The molecule has 91 heavy (non-hydrogen) atoms. The highest BCUT2D eigenvalue weighted by molar-refractivity contribution is 5.76. The third-order valence-electron chi connectivity index (χ3n) is 17.6. The Kier molecular flexibility index (Phi) is 65.3. The number of unbranched alkanes of at least 4 members (excludes halogenated alkanes) is 36. The normalized spacial score (nSPS) is 18.4. The zero-order chi connectivity index (χ0) is 65.7. The van der Waals surface area contributed by atoms with E-state index in [1.54, 1.807) is 0 Å². The Hall–Kier alpha value is -3.41. The summed E-state index contributed by atoms with van der Waals surface area (Å²) in [5.41, 5.74) is 0. The van der Waals surface area contributed by atoms with E-state index in [4.69, 9.17) is 9.47 Å². The maximum atomic E-state index is 13.2. The van der Waals surface area contributed by atoms with Crippen molar-refractivity contribution >= 4 is 5.91 Å². The number of aliphatic hydroxyl groups is 5. The molecule has 1 heterocycles. The van der Waals surface area contributed by atoms with Gasteiger partial charge in [0.15, 0.2) is 6.29 Å². The first-order valence-electron chi connectivity index (χ1n) is 38.2. The number of hydrogen-bond acceptors (Lipinski definition) is 8. The van der Waals surface area contributed by atoms with Gasteiger partial charge in [0.1, 0.15) is 24.4 Å². The molecule has 0 aromatic rings. The van der Waals surface area contributed by atoms with E-state index in [9.17, 15) is 30.3 Å². The van der Waals surface area contributed by atoms with Crippen LogP contribution in [0.15, 0.2) is 122 Å². The molecular weight excluding hydrogens is 1130 g/mol. The second-order valence-electron chi connectivity index (χ2n) is 26.1. The summed E-state index contributed by atoms with van der Waals surface area (Å²) in [6.45, 7) is 3.76. The first-order chi connectivity index (χ1) is 44.8. The van der Waals surface area contributed by atoms with Crippen molar-refractivity contribution in [3.63, 3.8) is 0 Å². The first kappa shape index (κ1) is 85.6. The van der Waals surface area contributed by atoms with Crippen molar-refractivity contribution in [1.29, 1.82) is 0 Å². The third-order valence-corrected chi connectivity index (χ3v) is 17.6. The molecule has 0 saturated carbocycles. The minimum absolute atomic E-state index is 0.144. The third kappa shape index (κ3) is 57.7. The molecule has 1 rings (SSSR count). The van der Waals surface area contributed by atoms with Crippen LogP contribution in [0.5, 0.6) is 0 Å². The lowest BCUT2D eigenvalue weighted by molar-refractivity contribution is -0.302. The van der Waals surface area contributed by atoms with Crippen LogP contribution in [-0.2, 0) is 14.3 Å². The van der Waals surface area contributed by atoms with Crippen molar-refractivity contribution in [2.75, 3.05) is 13.2 Å². The quantitative estimate of drug-likeness (QED) is 0.0261. The summed E-state index contributed by atoms with van der Waals surface area (Å²) in [5.74, 6) is -0.149. The van der Waals surface area contributed by atoms with Crippen LogP contribution in [0.25, 0.3) is 0 Å². The molecule has 7 unspecified atom stereocenters. The van der Waals surface area contributed by atoms with E-state index in [2.05, 4.69) is 141 Å². The second-order valence-corrected chi connectivity index (χ2v) is 26.1. The van der Waals surface area contributed by atoms with Crippen LogP contribution < -0.4 is 5.32 Å². The highest BCUT2D eigenvalue weighted by Crippen LogP contribution is 2.24. The molecule has 0 spiro atoms. The number of allylic oxidation sites excluding steroid dienone is 20. The summed E-state index contributed by atoms with van der Waals surface area (Å²) in [5, 5.41) is 55.0. The van der Waals surface area contributed by atoms with Gasteiger partial charge in [0.25, 0.3) is 0 Å². The molecule has 1 aliphatic rings. The smallest absolute Gasteiger partial charge is 0.220 e. The molecule has 0 aliphatic carbocycles. The summed E-state index contributed by atoms with van der Waals surface area (Å²) < 4.78 is 11.4. The fourth-order valence-electron chi connectivity index (χ4n) is 11.7. The average molecular weight is 1270 g/mol. The van der Waals surface area contributed by atoms with Crippen LogP contribution >= 0.6 is 0 Å².